The van der Waals surface area contributed by atoms with Gasteiger partial charge in [-0.3, -0.25) is 9.20 Å². The number of carbonyl (C=O) groups excluding carboxylic acids is 1. The molecule has 7 heteroatoms. The molecule has 0 amide bonds. The molecule has 0 unspecified atom stereocenters. The minimum Gasteiger partial charge on any atom is -0.294 e. The number of sulfone groups is 1. The van der Waals surface area contributed by atoms with Crippen LogP contribution in [0.1, 0.15) is 33.5 Å². The lowest BCUT2D eigenvalue weighted by Crippen LogP contribution is -2.06. The van der Waals surface area contributed by atoms with E-state index < -0.39 is 9.84 Å². The van der Waals surface area contributed by atoms with Crippen molar-refractivity contribution in [2.24, 2.45) is 0 Å². The monoisotopic (exact) mass is 419 g/mol. The average Bonchev–Trinajstić information content (AvgIpc) is 3.22. The molecule has 0 aliphatic heterocycles. The molecule has 0 atom stereocenters. The van der Waals surface area contributed by atoms with Crippen LogP contribution in [0.5, 0.6) is 0 Å². The Morgan fingerprint density at radius 2 is 1.80 bits per heavy atom. The van der Waals surface area contributed by atoms with Gasteiger partial charge in [0, 0.05) is 31.2 Å². The van der Waals surface area contributed by atoms with Gasteiger partial charge in [-0.1, -0.05) is 24.3 Å². The highest BCUT2D eigenvalue weighted by Gasteiger charge is 2.20. The SMILES string of the molecule is Cc1cccc(S(=O)(=O)c2ccc(CCC(=O)c3cnc4nccn4c3)cc2)c1C. The van der Waals surface area contributed by atoms with Crippen molar-refractivity contribution in [1.29, 1.82) is 0 Å². The molecule has 4 rings (SSSR count). The summed E-state index contributed by atoms with van der Waals surface area (Å²) in [5.74, 6) is 0.525. The van der Waals surface area contributed by atoms with Crippen molar-refractivity contribution in [2.75, 3.05) is 0 Å². The summed E-state index contributed by atoms with van der Waals surface area (Å²) in [6.45, 7) is 3.72. The fraction of sp³-hybridized carbons (Fsp3) is 0.174. The average molecular weight is 420 g/mol. The van der Waals surface area contributed by atoms with E-state index in [0.29, 0.717) is 29.1 Å². The summed E-state index contributed by atoms with van der Waals surface area (Å²) in [6.07, 6.45) is 7.45. The number of ketones is 1. The Hall–Kier alpha value is -3.32. The summed E-state index contributed by atoms with van der Waals surface area (Å²) in [6, 6.07) is 12.0. The third kappa shape index (κ3) is 3.76. The highest BCUT2D eigenvalue weighted by atomic mass is 32.2. The molecule has 0 fully saturated rings. The van der Waals surface area contributed by atoms with Crippen LogP contribution in [0.4, 0.5) is 0 Å². The van der Waals surface area contributed by atoms with E-state index in [1.807, 2.05) is 19.9 Å². The van der Waals surface area contributed by atoms with Crippen molar-refractivity contribution in [3.05, 3.63) is 89.5 Å². The van der Waals surface area contributed by atoms with E-state index >= 15 is 0 Å². The highest BCUT2D eigenvalue weighted by Crippen LogP contribution is 2.26. The van der Waals surface area contributed by atoms with Crippen LogP contribution in [0.3, 0.4) is 0 Å². The van der Waals surface area contributed by atoms with Gasteiger partial charge < -0.3 is 0 Å². The van der Waals surface area contributed by atoms with Crippen LogP contribution < -0.4 is 0 Å². The van der Waals surface area contributed by atoms with Gasteiger partial charge in [0.25, 0.3) is 0 Å². The Kier molecular flexibility index (Phi) is 5.22. The molecule has 0 radical (unpaired) electrons. The zero-order valence-corrected chi connectivity index (χ0v) is 17.6. The predicted molar refractivity (Wildman–Crippen MR) is 113 cm³/mol. The van der Waals surface area contributed by atoms with Gasteiger partial charge in [-0.05, 0) is 55.2 Å². The number of nitrogens with zero attached hydrogens (tertiary/aromatic N) is 3. The van der Waals surface area contributed by atoms with E-state index in [-0.39, 0.29) is 10.7 Å². The Bertz CT molecular complexity index is 1340. The summed E-state index contributed by atoms with van der Waals surface area (Å²) in [5, 5.41) is 0. The lowest BCUT2D eigenvalue weighted by atomic mass is 10.0. The molecule has 30 heavy (non-hydrogen) atoms. The van der Waals surface area contributed by atoms with E-state index in [1.165, 1.54) is 6.20 Å². The van der Waals surface area contributed by atoms with Gasteiger partial charge in [0.1, 0.15) is 0 Å². The maximum absolute atomic E-state index is 13.0. The highest BCUT2D eigenvalue weighted by molar-refractivity contribution is 7.91. The number of hydrogen-bond acceptors (Lipinski definition) is 5. The molecule has 4 aromatic rings. The molecule has 0 saturated carbocycles. The van der Waals surface area contributed by atoms with E-state index in [1.54, 1.807) is 59.4 Å². The molecular formula is C23H21N3O3S. The summed E-state index contributed by atoms with van der Waals surface area (Å²) in [7, 11) is -3.58. The Balaban J connectivity index is 1.48. The number of benzene rings is 2. The molecule has 2 aromatic heterocycles. The topological polar surface area (TPSA) is 81.4 Å². The molecule has 0 saturated heterocycles. The first-order valence-corrected chi connectivity index (χ1v) is 11.1. The fourth-order valence-corrected chi connectivity index (χ4v) is 4.91. The third-order valence-corrected chi connectivity index (χ3v) is 7.20. The Labute approximate surface area is 175 Å². The summed E-state index contributed by atoms with van der Waals surface area (Å²) in [5.41, 5.74) is 3.12. The molecule has 0 bridgehead atoms. The first-order chi connectivity index (χ1) is 14.4. The number of rotatable bonds is 6. The Morgan fingerprint density at radius 3 is 2.57 bits per heavy atom. The van der Waals surface area contributed by atoms with Gasteiger partial charge in [-0.25, -0.2) is 18.4 Å². The first-order valence-electron chi connectivity index (χ1n) is 9.58. The van der Waals surface area contributed by atoms with Gasteiger partial charge in [0.15, 0.2) is 5.78 Å². The van der Waals surface area contributed by atoms with Crippen LogP contribution in [0.2, 0.25) is 0 Å². The molecule has 0 aliphatic rings. The van der Waals surface area contributed by atoms with Crippen LogP contribution in [-0.2, 0) is 16.3 Å². The van der Waals surface area contributed by atoms with E-state index in [4.69, 9.17) is 0 Å². The van der Waals surface area contributed by atoms with E-state index in [9.17, 15) is 13.2 Å². The van der Waals surface area contributed by atoms with Crippen molar-refractivity contribution >= 4 is 21.4 Å². The standard InChI is InChI=1S/C23H21N3O3S/c1-16-4-3-5-22(17(16)2)30(28,29)20-9-6-18(7-10-20)8-11-21(27)19-14-25-23-24-12-13-26(23)15-19/h3-7,9-10,12-15H,8,11H2,1-2H3. The van der Waals surface area contributed by atoms with Gasteiger partial charge in [-0.2, -0.15) is 0 Å². The molecule has 0 aliphatic carbocycles. The van der Waals surface area contributed by atoms with Crippen LogP contribution in [-0.4, -0.2) is 28.6 Å². The minimum absolute atomic E-state index is 0.0230. The fourth-order valence-electron chi connectivity index (χ4n) is 3.34. The van der Waals surface area contributed by atoms with Crippen molar-refractivity contribution in [2.45, 2.75) is 36.5 Å². The van der Waals surface area contributed by atoms with Gasteiger partial charge in [0.05, 0.1) is 15.4 Å². The molecule has 2 heterocycles. The molecule has 152 valence electrons. The number of aromatic nitrogens is 3. The number of fused-ring (bicyclic) bond motifs is 1. The smallest absolute Gasteiger partial charge is 0.233 e. The minimum atomic E-state index is -3.58. The second kappa shape index (κ2) is 7.84. The maximum Gasteiger partial charge on any atom is 0.233 e. The van der Waals surface area contributed by atoms with Crippen LogP contribution in [0, 0.1) is 13.8 Å². The van der Waals surface area contributed by atoms with Crippen LogP contribution in [0.15, 0.2) is 77.0 Å². The second-order valence-corrected chi connectivity index (χ2v) is 9.16. The van der Waals surface area contributed by atoms with Crippen LogP contribution >= 0.6 is 0 Å². The van der Waals surface area contributed by atoms with Gasteiger partial charge in [-0.15, -0.1) is 0 Å². The quantitative estimate of drug-likeness (QED) is 0.441. The maximum atomic E-state index is 13.0. The number of carbonyl (C=O) groups is 1. The largest absolute Gasteiger partial charge is 0.294 e. The third-order valence-electron chi connectivity index (χ3n) is 5.29. The molecule has 2 aromatic carbocycles. The number of hydrogen-bond donors (Lipinski definition) is 0. The normalized spacial score (nSPS) is 11.7. The van der Waals surface area contributed by atoms with Gasteiger partial charge in [0.2, 0.25) is 15.6 Å². The van der Waals surface area contributed by atoms with Crippen molar-refractivity contribution in [1.82, 2.24) is 14.4 Å². The predicted octanol–water partition coefficient (Wildman–Crippen LogP) is 3.99. The lowest BCUT2D eigenvalue weighted by Gasteiger charge is -2.10. The number of Topliss-reactive ketones (excluding diaryl/α,β-unsaturated/α-hetero) is 1. The van der Waals surface area contributed by atoms with Crippen molar-refractivity contribution in [3.63, 3.8) is 0 Å². The molecular weight excluding hydrogens is 398 g/mol. The molecule has 0 spiro atoms. The number of imidazole rings is 1. The lowest BCUT2D eigenvalue weighted by molar-refractivity contribution is 0.0982. The summed E-state index contributed by atoms with van der Waals surface area (Å²) in [4.78, 5) is 21.3. The second-order valence-electron chi connectivity index (χ2n) is 7.25. The van der Waals surface area contributed by atoms with E-state index in [2.05, 4.69) is 9.97 Å². The van der Waals surface area contributed by atoms with Crippen LogP contribution in [0.25, 0.3) is 5.78 Å². The summed E-state index contributed by atoms with van der Waals surface area (Å²) >= 11 is 0. The van der Waals surface area contributed by atoms with E-state index in [0.717, 1.165) is 16.7 Å². The molecule has 6 nitrogen and oxygen atoms in total. The Morgan fingerprint density at radius 1 is 1.03 bits per heavy atom. The zero-order valence-electron chi connectivity index (χ0n) is 16.7. The summed E-state index contributed by atoms with van der Waals surface area (Å²) < 4.78 is 27.7. The van der Waals surface area contributed by atoms with Crippen molar-refractivity contribution < 1.29 is 13.2 Å². The first kappa shape index (κ1) is 20.0. The number of aryl methyl sites for hydroxylation is 2. The zero-order chi connectivity index (χ0) is 21.3. The molecule has 0 N–H and O–H groups in total. The van der Waals surface area contributed by atoms with Crippen molar-refractivity contribution in [3.8, 4) is 0 Å². The van der Waals surface area contributed by atoms with Gasteiger partial charge >= 0.3 is 0 Å².